The van der Waals surface area contributed by atoms with Gasteiger partial charge >= 0.3 is 12.2 Å². The van der Waals surface area contributed by atoms with E-state index in [-0.39, 0.29) is 24.5 Å². The maximum atomic E-state index is 13.5. The van der Waals surface area contributed by atoms with Crippen LogP contribution in [0, 0.1) is 5.92 Å². The number of carbonyl (C=O) groups is 3. The average molecular weight is 440 g/mol. The first-order valence-electron chi connectivity index (χ1n) is 11.7. The van der Waals surface area contributed by atoms with Crippen molar-refractivity contribution in [2.75, 3.05) is 13.2 Å². The Bertz CT molecular complexity index is 691. The number of rotatable bonds is 3. The van der Waals surface area contributed by atoms with E-state index in [4.69, 9.17) is 9.47 Å². The SMILES string of the molecule is CC1C[C@@H](N(C(=O)[C@@H]2CCCO2)[C@H]2CC[C@@H](C)CC2)C[N+]1(C(=O)O)C(=O)OC(C)(C)C. The fraction of sp³-hybridized carbons (Fsp3) is 0.870. The molecule has 2 unspecified atom stereocenters. The number of ether oxygens (including phenoxy) is 2. The second-order valence-electron chi connectivity index (χ2n) is 10.7. The van der Waals surface area contributed by atoms with Crippen LogP contribution in [0.15, 0.2) is 0 Å². The number of quaternary nitrogens is 1. The third kappa shape index (κ3) is 4.90. The molecule has 4 atom stereocenters. The van der Waals surface area contributed by atoms with Crippen molar-refractivity contribution in [3.05, 3.63) is 0 Å². The van der Waals surface area contributed by atoms with Crippen molar-refractivity contribution in [1.82, 2.24) is 4.90 Å². The van der Waals surface area contributed by atoms with Crippen molar-refractivity contribution in [1.29, 1.82) is 0 Å². The van der Waals surface area contributed by atoms with Crippen LogP contribution < -0.4 is 0 Å². The van der Waals surface area contributed by atoms with Gasteiger partial charge in [0.25, 0.3) is 5.91 Å². The van der Waals surface area contributed by atoms with Crippen LogP contribution >= 0.6 is 0 Å². The van der Waals surface area contributed by atoms with Crippen LogP contribution in [0.1, 0.15) is 79.6 Å². The molecule has 2 aliphatic heterocycles. The molecule has 0 radical (unpaired) electrons. The highest BCUT2D eigenvalue weighted by Gasteiger charge is 2.61. The molecule has 3 fully saturated rings. The minimum Gasteiger partial charge on any atom is -0.435 e. The zero-order valence-electron chi connectivity index (χ0n) is 19.6. The fourth-order valence-corrected chi connectivity index (χ4v) is 5.42. The zero-order valence-corrected chi connectivity index (χ0v) is 19.6. The lowest BCUT2D eigenvalue weighted by atomic mass is 9.85. The molecule has 0 aromatic rings. The van der Waals surface area contributed by atoms with Crippen LogP contribution in [0.4, 0.5) is 9.59 Å². The van der Waals surface area contributed by atoms with Crippen molar-refractivity contribution in [3.8, 4) is 0 Å². The van der Waals surface area contributed by atoms with Crippen LogP contribution in [0.2, 0.25) is 0 Å². The summed E-state index contributed by atoms with van der Waals surface area (Å²) in [5, 5.41) is 10.1. The lowest BCUT2D eigenvalue weighted by Gasteiger charge is -2.40. The number of amides is 3. The molecular formula is C23H39N2O6+. The molecule has 1 saturated carbocycles. The van der Waals surface area contributed by atoms with Gasteiger partial charge in [-0.05, 0) is 72.1 Å². The number of carbonyl (C=O) groups excluding carboxylic acids is 2. The van der Waals surface area contributed by atoms with E-state index < -0.39 is 34.4 Å². The topological polar surface area (TPSA) is 93.1 Å². The summed E-state index contributed by atoms with van der Waals surface area (Å²) in [6.07, 6.45) is 3.50. The molecule has 176 valence electrons. The fourth-order valence-electron chi connectivity index (χ4n) is 5.42. The van der Waals surface area contributed by atoms with Gasteiger partial charge in [-0.1, -0.05) is 6.92 Å². The van der Waals surface area contributed by atoms with E-state index in [1.54, 1.807) is 27.7 Å². The maximum Gasteiger partial charge on any atom is 0.527 e. The van der Waals surface area contributed by atoms with E-state index in [1.807, 2.05) is 4.90 Å². The molecule has 3 aliphatic rings. The molecule has 2 heterocycles. The predicted octanol–water partition coefficient (Wildman–Crippen LogP) is 4.16. The molecular weight excluding hydrogens is 400 g/mol. The van der Waals surface area contributed by atoms with Crippen molar-refractivity contribution < 1.29 is 33.4 Å². The lowest BCUT2D eigenvalue weighted by Crippen LogP contribution is -2.61. The van der Waals surface area contributed by atoms with Gasteiger partial charge in [-0.25, -0.2) is 0 Å². The van der Waals surface area contributed by atoms with Gasteiger partial charge in [0.2, 0.25) is 0 Å². The minimum absolute atomic E-state index is 0.0376. The molecule has 0 spiro atoms. The van der Waals surface area contributed by atoms with E-state index in [9.17, 15) is 19.5 Å². The van der Waals surface area contributed by atoms with E-state index >= 15 is 0 Å². The third-order valence-corrected chi connectivity index (χ3v) is 7.16. The first-order valence-corrected chi connectivity index (χ1v) is 11.7. The van der Waals surface area contributed by atoms with Crippen LogP contribution in [-0.4, -0.2) is 75.6 Å². The van der Waals surface area contributed by atoms with Crippen molar-refractivity contribution >= 4 is 18.1 Å². The molecule has 8 heteroatoms. The first-order chi connectivity index (χ1) is 14.5. The van der Waals surface area contributed by atoms with Crippen molar-refractivity contribution in [2.45, 2.75) is 109 Å². The standard InChI is InChI=1S/C23H38N2O6/c1-15-8-10-17(11-9-15)24(20(26)19-7-6-12-30-19)18-13-16(2)25(14-18,21(27)28)22(29)31-23(3,4)5/h15-19H,6-14H2,1-5H3/p+1/t15-,16?,17+,18-,19+,25?/m1/s1. The third-order valence-electron chi connectivity index (χ3n) is 7.16. The Balaban J connectivity index is 1.89. The summed E-state index contributed by atoms with van der Waals surface area (Å²) in [4.78, 5) is 40.9. The summed E-state index contributed by atoms with van der Waals surface area (Å²) < 4.78 is 10.4. The van der Waals surface area contributed by atoms with Gasteiger partial charge < -0.3 is 19.5 Å². The smallest absolute Gasteiger partial charge is 0.435 e. The Kier molecular flexibility index (Phi) is 7.01. The quantitative estimate of drug-likeness (QED) is 0.664. The molecule has 3 amide bonds. The molecule has 3 rings (SSSR count). The highest BCUT2D eigenvalue weighted by Crippen LogP contribution is 2.37. The molecule has 1 aliphatic carbocycles. The summed E-state index contributed by atoms with van der Waals surface area (Å²) in [6, 6.07) is -0.745. The summed E-state index contributed by atoms with van der Waals surface area (Å²) in [7, 11) is 0. The summed E-state index contributed by atoms with van der Waals surface area (Å²) >= 11 is 0. The van der Waals surface area contributed by atoms with Crippen molar-refractivity contribution in [2.24, 2.45) is 5.92 Å². The van der Waals surface area contributed by atoms with Crippen LogP contribution in [0.5, 0.6) is 0 Å². The van der Waals surface area contributed by atoms with Gasteiger partial charge in [0.15, 0.2) is 0 Å². The average Bonchev–Trinajstić information content (AvgIpc) is 3.30. The van der Waals surface area contributed by atoms with Crippen LogP contribution in [-0.2, 0) is 14.3 Å². The second kappa shape index (κ2) is 9.06. The van der Waals surface area contributed by atoms with Gasteiger partial charge in [-0.2, -0.15) is 9.59 Å². The van der Waals surface area contributed by atoms with Gasteiger partial charge in [0, 0.05) is 19.1 Å². The summed E-state index contributed by atoms with van der Waals surface area (Å²) in [6.45, 7) is 9.83. The van der Waals surface area contributed by atoms with Gasteiger partial charge in [-0.3, -0.25) is 4.79 Å². The van der Waals surface area contributed by atoms with E-state index in [0.29, 0.717) is 25.4 Å². The van der Waals surface area contributed by atoms with Gasteiger partial charge in [0.1, 0.15) is 24.3 Å². The molecule has 0 aromatic carbocycles. The Labute approximate surface area is 185 Å². The number of nitrogens with zero attached hydrogens (tertiary/aromatic N) is 2. The Hall–Kier alpha value is -1.67. The number of imide groups is 1. The second-order valence-corrected chi connectivity index (χ2v) is 10.7. The van der Waals surface area contributed by atoms with E-state index in [0.717, 1.165) is 32.1 Å². The maximum absolute atomic E-state index is 13.5. The zero-order chi connectivity index (χ0) is 23.0. The number of likely N-dealkylation sites (tertiary alicyclic amines) is 1. The lowest BCUT2D eigenvalue weighted by molar-refractivity contribution is -0.797. The number of hydrogen-bond donors (Lipinski definition) is 1. The molecule has 2 saturated heterocycles. The van der Waals surface area contributed by atoms with Gasteiger partial charge in [0.05, 0.1) is 6.04 Å². The molecule has 8 nitrogen and oxygen atoms in total. The van der Waals surface area contributed by atoms with Crippen LogP contribution in [0.25, 0.3) is 0 Å². The Morgan fingerprint density at radius 1 is 1.03 bits per heavy atom. The largest absolute Gasteiger partial charge is 0.527 e. The predicted molar refractivity (Wildman–Crippen MR) is 114 cm³/mol. The molecule has 0 aromatic heterocycles. The molecule has 1 N–H and O–H groups in total. The normalized spacial score (nSPS) is 36.2. The highest BCUT2D eigenvalue weighted by molar-refractivity contribution is 5.82. The van der Waals surface area contributed by atoms with E-state index in [1.165, 1.54) is 0 Å². The highest BCUT2D eigenvalue weighted by atomic mass is 16.6. The van der Waals surface area contributed by atoms with Crippen LogP contribution in [0.3, 0.4) is 0 Å². The summed E-state index contributed by atoms with van der Waals surface area (Å²) in [5.41, 5.74) is -0.789. The van der Waals surface area contributed by atoms with E-state index in [2.05, 4.69) is 6.92 Å². The van der Waals surface area contributed by atoms with Crippen molar-refractivity contribution in [3.63, 3.8) is 0 Å². The number of carboxylic acid groups (broad SMARTS) is 1. The van der Waals surface area contributed by atoms with Gasteiger partial charge in [-0.15, -0.1) is 4.48 Å². The first kappa shape index (κ1) is 24.0. The Morgan fingerprint density at radius 2 is 1.68 bits per heavy atom. The minimum atomic E-state index is -1.22. The monoisotopic (exact) mass is 439 g/mol. The molecule has 0 bridgehead atoms. The Morgan fingerprint density at radius 3 is 2.19 bits per heavy atom. The summed E-state index contributed by atoms with van der Waals surface area (Å²) in [5.74, 6) is 0.595. The number of hydrogen-bond acceptors (Lipinski definition) is 5. The molecule has 31 heavy (non-hydrogen) atoms.